The van der Waals surface area contributed by atoms with Crippen molar-refractivity contribution in [2.45, 2.75) is 6.92 Å². The number of rotatable bonds is 1. The molecule has 0 saturated carbocycles. The van der Waals surface area contributed by atoms with Gasteiger partial charge in [0.25, 0.3) is 0 Å². The molecule has 0 aromatic carbocycles. The average molecular weight is 132 g/mol. The van der Waals surface area contributed by atoms with E-state index in [1.807, 2.05) is 0 Å². The van der Waals surface area contributed by atoms with Crippen molar-refractivity contribution in [3.8, 4) is 0 Å². The molecule has 0 aliphatic rings. The summed E-state index contributed by atoms with van der Waals surface area (Å²) in [5, 5.41) is 16.6. The fourth-order valence-electron chi connectivity index (χ4n) is 0.149. The second-order valence-corrected chi connectivity index (χ2v) is 2.15. The van der Waals surface area contributed by atoms with E-state index >= 15 is 0 Å². The summed E-state index contributed by atoms with van der Waals surface area (Å²) < 4.78 is 0. The Labute approximate surface area is 52.1 Å². The Morgan fingerprint density at radius 1 is 1.88 bits per heavy atom. The molecular formula is C4H8N2OS. The minimum atomic E-state index is -0.0154. The van der Waals surface area contributed by atoms with Crippen LogP contribution in [0.4, 0.5) is 0 Å². The molecule has 0 aliphatic carbocycles. The zero-order chi connectivity index (χ0) is 6.57. The topological polar surface area (TPSA) is 70.1 Å². The second-order valence-electron chi connectivity index (χ2n) is 1.24. The number of hydrogen-bond donors (Lipinski definition) is 3. The smallest absolute Gasteiger partial charge is 0.155 e. The number of aliphatic hydroxyl groups excluding tert-OH is 1. The van der Waals surface area contributed by atoms with E-state index in [1.165, 1.54) is 12.3 Å². The van der Waals surface area contributed by atoms with E-state index in [1.54, 1.807) is 0 Å². The van der Waals surface area contributed by atoms with Crippen LogP contribution < -0.4 is 5.73 Å². The highest BCUT2D eigenvalue weighted by atomic mass is 32.2. The molecular weight excluding hydrogens is 124 g/mol. The lowest BCUT2D eigenvalue weighted by Gasteiger charge is -1.87. The van der Waals surface area contributed by atoms with Crippen molar-refractivity contribution in [1.29, 1.82) is 5.41 Å². The fourth-order valence-corrected chi connectivity index (χ4v) is 0.446. The first-order chi connectivity index (χ1) is 3.63. The first-order valence-electron chi connectivity index (χ1n) is 1.99. The van der Waals surface area contributed by atoms with E-state index < -0.39 is 0 Å². The van der Waals surface area contributed by atoms with Gasteiger partial charge in [0.1, 0.15) is 0 Å². The van der Waals surface area contributed by atoms with Crippen LogP contribution in [0.1, 0.15) is 6.92 Å². The molecule has 0 aromatic rings. The molecule has 4 heteroatoms. The molecule has 0 bridgehead atoms. The first kappa shape index (κ1) is 7.36. The normalized spacial score (nSPS) is 11.4. The number of hydrogen-bond acceptors (Lipinski definition) is 3. The Hall–Kier alpha value is -0.640. The maximum Gasteiger partial charge on any atom is 0.155 e. The molecule has 0 fully saturated rings. The molecule has 0 amide bonds. The molecule has 0 atom stereocenters. The van der Waals surface area contributed by atoms with E-state index in [-0.39, 0.29) is 10.9 Å². The zero-order valence-electron chi connectivity index (χ0n) is 4.51. The number of aliphatic hydroxyl groups is 1. The molecule has 3 nitrogen and oxygen atoms in total. The van der Waals surface area contributed by atoms with Gasteiger partial charge >= 0.3 is 0 Å². The van der Waals surface area contributed by atoms with Crippen LogP contribution in [-0.4, -0.2) is 10.3 Å². The molecule has 0 saturated heterocycles. The van der Waals surface area contributed by atoms with Crippen molar-refractivity contribution in [3.63, 3.8) is 0 Å². The first-order valence-corrected chi connectivity index (χ1v) is 2.87. The van der Waals surface area contributed by atoms with Crippen molar-refractivity contribution in [2.24, 2.45) is 5.73 Å². The largest absolute Gasteiger partial charge is 0.512 e. The van der Waals surface area contributed by atoms with Crippen LogP contribution in [0.15, 0.2) is 11.2 Å². The van der Waals surface area contributed by atoms with Crippen molar-refractivity contribution in [1.82, 2.24) is 0 Å². The number of amidine groups is 1. The lowest BCUT2D eigenvalue weighted by Crippen LogP contribution is -2.01. The van der Waals surface area contributed by atoms with Crippen molar-refractivity contribution < 1.29 is 5.11 Å². The van der Waals surface area contributed by atoms with Crippen LogP contribution in [-0.2, 0) is 0 Å². The minimum Gasteiger partial charge on any atom is -0.512 e. The van der Waals surface area contributed by atoms with Gasteiger partial charge in [-0.25, -0.2) is 0 Å². The van der Waals surface area contributed by atoms with Crippen LogP contribution in [0.3, 0.4) is 0 Å². The molecule has 8 heavy (non-hydrogen) atoms. The Morgan fingerprint density at radius 2 is 2.38 bits per heavy atom. The summed E-state index contributed by atoms with van der Waals surface area (Å²) in [6.45, 7) is 1.52. The van der Waals surface area contributed by atoms with Gasteiger partial charge < -0.3 is 10.8 Å². The Balaban J connectivity index is 3.45. The van der Waals surface area contributed by atoms with Crippen LogP contribution in [0, 0.1) is 5.41 Å². The summed E-state index contributed by atoms with van der Waals surface area (Å²) in [5.41, 5.74) is 4.93. The van der Waals surface area contributed by atoms with E-state index in [9.17, 15) is 0 Å². The van der Waals surface area contributed by atoms with Crippen molar-refractivity contribution in [3.05, 3.63) is 11.2 Å². The summed E-state index contributed by atoms with van der Waals surface area (Å²) in [6, 6.07) is 0. The summed E-state index contributed by atoms with van der Waals surface area (Å²) in [5.74, 6) is 0.171. The molecule has 0 unspecified atom stereocenters. The minimum absolute atomic E-state index is 0.0154. The summed E-state index contributed by atoms with van der Waals surface area (Å²) >= 11 is 0.988. The number of thioether (sulfide) groups is 1. The summed E-state index contributed by atoms with van der Waals surface area (Å²) in [4.78, 5) is 0. The summed E-state index contributed by atoms with van der Waals surface area (Å²) in [7, 11) is 0. The van der Waals surface area contributed by atoms with Crippen LogP contribution in [0.25, 0.3) is 0 Å². The highest BCUT2D eigenvalue weighted by Gasteiger charge is 1.83. The molecule has 0 rings (SSSR count). The van der Waals surface area contributed by atoms with Gasteiger partial charge in [-0.2, -0.15) is 0 Å². The third-order valence-electron chi connectivity index (χ3n) is 0.356. The lowest BCUT2D eigenvalue weighted by molar-refractivity contribution is 0.416. The molecule has 0 aliphatic heterocycles. The number of allylic oxidation sites excluding steroid dienone is 1. The highest BCUT2D eigenvalue weighted by molar-refractivity contribution is 8.16. The molecule has 0 spiro atoms. The third-order valence-corrected chi connectivity index (χ3v) is 1.07. The number of nitrogens with one attached hydrogen (secondary N) is 1. The number of nitrogens with two attached hydrogens (primary N) is 1. The van der Waals surface area contributed by atoms with Gasteiger partial charge in [0, 0.05) is 5.41 Å². The van der Waals surface area contributed by atoms with Gasteiger partial charge in [-0.1, -0.05) is 11.8 Å². The van der Waals surface area contributed by atoms with Gasteiger partial charge in [-0.05, 0) is 6.92 Å². The lowest BCUT2D eigenvalue weighted by atomic mass is 10.7. The van der Waals surface area contributed by atoms with E-state index in [4.69, 9.17) is 16.2 Å². The van der Waals surface area contributed by atoms with Crippen molar-refractivity contribution >= 4 is 16.9 Å². The average Bonchev–Trinajstić information content (AvgIpc) is 1.61. The fraction of sp³-hybridized carbons (Fsp3) is 0.250. The van der Waals surface area contributed by atoms with Crippen molar-refractivity contribution in [2.75, 3.05) is 0 Å². The monoisotopic (exact) mass is 132 g/mol. The van der Waals surface area contributed by atoms with Gasteiger partial charge in [0.15, 0.2) is 5.17 Å². The van der Waals surface area contributed by atoms with Crippen LogP contribution in [0.2, 0.25) is 0 Å². The van der Waals surface area contributed by atoms with Gasteiger partial charge in [0.2, 0.25) is 0 Å². The second kappa shape index (κ2) is 3.37. The highest BCUT2D eigenvalue weighted by Crippen LogP contribution is 2.01. The van der Waals surface area contributed by atoms with Crippen LogP contribution in [0.5, 0.6) is 0 Å². The standard InChI is InChI=1S/C4H8N2OS/c1-3(7)2-8-4(5)6/h2,7H,1H3,(H3,5,6). The molecule has 0 aromatic heterocycles. The van der Waals surface area contributed by atoms with Gasteiger partial charge in [0.05, 0.1) is 5.76 Å². The predicted octanol–water partition coefficient (Wildman–Crippen LogP) is 1.03. The maximum atomic E-state index is 8.49. The summed E-state index contributed by atoms with van der Waals surface area (Å²) in [6.07, 6.45) is 0. The van der Waals surface area contributed by atoms with E-state index in [0.29, 0.717) is 0 Å². The molecule has 46 valence electrons. The van der Waals surface area contributed by atoms with Crippen LogP contribution >= 0.6 is 11.8 Å². The zero-order valence-corrected chi connectivity index (χ0v) is 5.33. The maximum absolute atomic E-state index is 8.49. The molecule has 0 radical (unpaired) electrons. The molecule has 0 heterocycles. The Bertz CT molecular complexity index is 117. The quantitative estimate of drug-likeness (QED) is 0.283. The van der Waals surface area contributed by atoms with Gasteiger partial charge in [-0.15, -0.1) is 0 Å². The predicted molar refractivity (Wildman–Crippen MR) is 35.9 cm³/mol. The van der Waals surface area contributed by atoms with E-state index in [2.05, 4.69) is 0 Å². The van der Waals surface area contributed by atoms with Gasteiger partial charge in [-0.3, -0.25) is 5.41 Å². The SMILES string of the molecule is CC(O)=CSC(=N)N. The Morgan fingerprint density at radius 3 is 2.50 bits per heavy atom. The third kappa shape index (κ3) is 5.36. The van der Waals surface area contributed by atoms with E-state index in [0.717, 1.165) is 11.8 Å². The molecule has 4 N–H and O–H groups in total. The Kier molecular flexibility index (Phi) is 3.10.